The molecule has 1 aliphatic rings. The molecule has 2 amide bonds. The molecule has 176 valence electrons. The van der Waals surface area contributed by atoms with Crippen molar-refractivity contribution in [3.8, 4) is 5.75 Å². The zero-order valence-corrected chi connectivity index (χ0v) is 20.1. The van der Waals surface area contributed by atoms with Gasteiger partial charge >= 0.3 is 0 Å². The second kappa shape index (κ2) is 11.7. The number of ether oxygens (including phenoxy) is 1. The lowest BCUT2D eigenvalue weighted by molar-refractivity contribution is -0.113. The van der Waals surface area contributed by atoms with Gasteiger partial charge in [-0.15, -0.1) is 11.8 Å². The number of carbonyl (C=O) groups excluding carboxylic acids is 2. The van der Waals surface area contributed by atoms with Gasteiger partial charge in [0.1, 0.15) is 5.75 Å². The number of hydrogen-bond acceptors (Lipinski definition) is 5. The second-order valence-electron chi connectivity index (χ2n) is 8.12. The maximum atomic E-state index is 13.3. The van der Waals surface area contributed by atoms with Crippen LogP contribution in [0.1, 0.15) is 15.9 Å². The third-order valence-electron chi connectivity index (χ3n) is 5.74. The first kappa shape index (κ1) is 23.9. The van der Waals surface area contributed by atoms with Crippen molar-refractivity contribution >= 4 is 29.3 Å². The SMILES string of the molecule is COc1cccc(NC(=O)CSc2ccccc2C(=O)N2CCN(Cc3ccccc3)CC2)c1. The van der Waals surface area contributed by atoms with Crippen LogP contribution in [0, 0.1) is 0 Å². The molecule has 3 aromatic rings. The minimum atomic E-state index is -0.130. The average molecular weight is 476 g/mol. The van der Waals surface area contributed by atoms with Crippen LogP contribution in [0.25, 0.3) is 0 Å². The molecule has 1 fully saturated rings. The van der Waals surface area contributed by atoms with Crippen LogP contribution in [-0.2, 0) is 11.3 Å². The van der Waals surface area contributed by atoms with Gasteiger partial charge in [-0.05, 0) is 29.8 Å². The molecule has 6 nitrogen and oxygen atoms in total. The summed E-state index contributed by atoms with van der Waals surface area (Å²) in [5, 5.41) is 2.88. The van der Waals surface area contributed by atoms with Crippen molar-refractivity contribution in [1.29, 1.82) is 0 Å². The molecule has 1 heterocycles. The van der Waals surface area contributed by atoms with E-state index in [1.165, 1.54) is 17.3 Å². The average Bonchev–Trinajstić information content (AvgIpc) is 2.88. The largest absolute Gasteiger partial charge is 0.497 e. The number of methoxy groups -OCH3 is 1. The third-order valence-corrected chi connectivity index (χ3v) is 6.81. The molecule has 0 atom stereocenters. The minimum absolute atomic E-state index is 0.0238. The smallest absolute Gasteiger partial charge is 0.255 e. The Morgan fingerprint density at radius 3 is 2.41 bits per heavy atom. The van der Waals surface area contributed by atoms with Gasteiger partial charge < -0.3 is 15.0 Å². The summed E-state index contributed by atoms with van der Waals surface area (Å²) in [5.74, 6) is 0.794. The summed E-state index contributed by atoms with van der Waals surface area (Å²) in [6.07, 6.45) is 0. The number of hydrogen-bond donors (Lipinski definition) is 1. The normalized spacial score (nSPS) is 14.0. The summed E-state index contributed by atoms with van der Waals surface area (Å²) >= 11 is 1.38. The van der Waals surface area contributed by atoms with Crippen molar-refractivity contribution in [3.63, 3.8) is 0 Å². The number of nitrogens with zero attached hydrogens (tertiary/aromatic N) is 2. The van der Waals surface area contributed by atoms with E-state index < -0.39 is 0 Å². The second-order valence-corrected chi connectivity index (χ2v) is 9.14. The summed E-state index contributed by atoms with van der Waals surface area (Å²) < 4.78 is 5.20. The predicted molar refractivity (Wildman–Crippen MR) is 136 cm³/mol. The Labute approximate surface area is 204 Å². The molecule has 1 N–H and O–H groups in total. The maximum absolute atomic E-state index is 13.3. The van der Waals surface area contributed by atoms with Crippen LogP contribution in [0.4, 0.5) is 5.69 Å². The molecule has 0 spiro atoms. The van der Waals surface area contributed by atoms with Gasteiger partial charge in [0.25, 0.3) is 5.91 Å². The standard InChI is InChI=1S/C27H29N3O3S/c1-33-23-11-7-10-22(18-23)28-26(31)20-34-25-13-6-5-12-24(25)27(32)30-16-14-29(15-17-30)19-21-8-3-2-4-9-21/h2-13,18H,14-17,19-20H2,1H3,(H,28,31). The lowest BCUT2D eigenvalue weighted by Gasteiger charge is -2.35. The highest BCUT2D eigenvalue weighted by molar-refractivity contribution is 8.00. The zero-order chi connectivity index (χ0) is 23.8. The molecule has 4 rings (SSSR count). The molecule has 3 aromatic carbocycles. The monoisotopic (exact) mass is 475 g/mol. The number of nitrogens with one attached hydrogen (secondary N) is 1. The Hall–Kier alpha value is -3.29. The van der Waals surface area contributed by atoms with Crippen molar-refractivity contribution in [1.82, 2.24) is 9.80 Å². The van der Waals surface area contributed by atoms with E-state index in [0.29, 0.717) is 30.1 Å². The van der Waals surface area contributed by atoms with Crippen LogP contribution in [0.5, 0.6) is 5.75 Å². The molecule has 1 aliphatic heterocycles. The van der Waals surface area contributed by atoms with Crippen LogP contribution in [0.2, 0.25) is 0 Å². The molecule has 0 bridgehead atoms. The Morgan fingerprint density at radius 2 is 1.65 bits per heavy atom. The topological polar surface area (TPSA) is 61.9 Å². The van der Waals surface area contributed by atoms with E-state index in [4.69, 9.17) is 4.74 Å². The highest BCUT2D eigenvalue weighted by Gasteiger charge is 2.24. The number of amides is 2. The van der Waals surface area contributed by atoms with Gasteiger partial charge in [-0.1, -0.05) is 48.5 Å². The summed E-state index contributed by atoms with van der Waals surface area (Å²) in [7, 11) is 1.59. The molecule has 0 radical (unpaired) electrons. The number of piperazine rings is 1. The highest BCUT2D eigenvalue weighted by atomic mass is 32.2. The Kier molecular flexibility index (Phi) is 8.22. The molecular formula is C27H29N3O3S. The van der Waals surface area contributed by atoms with Gasteiger partial charge in [-0.25, -0.2) is 0 Å². The van der Waals surface area contributed by atoms with E-state index in [9.17, 15) is 9.59 Å². The van der Waals surface area contributed by atoms with E-state index in [0.717, 1.165) is 24.5 Å². The van der Waals surface area contributed by atoms with Gasteiger partial charge in [0.2, 0.25) is 5.91 Å². The van der Waals surface area contributed by atoms with Crippen molar-refractivity contribution in [3.05, 3.63) is 90.0 Å². The molecular weight excluding hydrogens is 446 g/mol. The van der Waals surface area contributed by atoms with Crippen LogP contribution in [-0.4, -0.2) is 60.7 Å². The predicted octanol–water partition coefficient (Wildman–Crippen LogP) is 4.38. The van der Waals surface area contributed by atoms with Crippen LogP contribution >= 0.6 is 11.8 Å². The van der Waals surface area contributed by atoms with E-state index in [2.05, 4.69) is 34.5 Å². The molecule has 1 saturated heterocycles. The van der Waals surface area contributed by atoms with Gasteiger partial charge in [0.05, 0.1) is 18.4 Å². The molecule has 0 aromatic heterocycles. The molecule has 34 heavy (non-hydrogen) atoms. The van der Waals surface area contributed by atoms with E-state index in [1.807, 2.05) is 53.4 Å². The summed E-state index contributed by atoms with van der Waals surface area (Å²) in [6, 6.07) is 25.2. The first-order chi connectivity index (χ1) is 16.6. The first-order valence-corrected chi connectivity index (χ1v) is 12.3. The van der Waals surface area contributed by atoms with Gasteiger partial charge in [0, 0.05) is 49.4 Å². The Morgan fingerprint density at radius 1 is 0.912 bits per heavy atom. The van der Waals surface area contributed by atoms with Crippen molar-refractivity contribution < 1.29 is 14.3 Å². The minimum Gasteiger partial charge on any atom is -0.497 e. The van der Waals surface area contributed by atoms with E-state index >= 15 is 0 Å². The van der Waals surface area contributed by atoms with Crippen LogP contribution in [0.3, 0.4) is 0 Å². The fraction of sp³-hybridized carbons (Fsp3) is 0.259. The van der Waals surface area contributed by atoms with E-state index in [-0.39, 0.29) is 17.6 Å². The highest BCUT2D eigenvalue weighted by Crippen LogP contribution is 2.25. The molecule has 0 saturated carbocycles. The van der Waals surface area contributed by atoms with E-state index in [1.54, 1.807) is 13.2 Å². The Balaban J connectivity index is 1.32. The van der Waals surface area contributed by atoms with Crippen molar-refractivity contribution in [2.24, 2.45) is 0 Å². The third kappa shape index (κ3) is 6.40. The molecule has 0 unspecified atom stereocenters. The van der Waals surface area contributed by atoms with Gasteiger partial charge in [0.15, 0.2) is 0 Å². The number of thioether (sulfide) groups is 1. The van der Waals surface area contributed by atoms with Gasteiger partial charge in [-0.2, -0.15) is 0 Å². The first-order valence-electron chi connectivity index (χ1n) is 11.3. The van der Waals surface area contributed by atoms with Crippen LogP contribution < -0.4 is 10.1 Å². The Bertz CT molecular complexity index is 1110. The zero-order valence-electron chi connectivity index (χ0n) is 19.3. The number of anilines is 1. The quantitative estimate of drug-likeness (QED) is 0.490. The van der Waals surface area contributed by atoms with Crippen molar-refractivity contribution in [2.75, 3.05) is 44.4 Å². The molecule has 7 heteroatoms. The van der Waals surface area contributed by atoms with Crippen LogP contribution in [0.15, 0.2) is 83.8 Å². The fourth-order valence-electron chi connectivity index (χ4n) is 3.93. The fourth-order valence-corrected chi connectivity index (χ4v) is 4.78. The van der Waals surface area contributed by atoms with Crippen molar-refractivity contribution in [2.45, 2.75) is 11.4 Å². The lowest BCUT2D eigenvalue weighted by Crippen LogP contribution is -2.48. The number of benzene rings is 3. The number of rotatable bonds is 8. The number of carbonyl (C=O) groups is 2. The maximum Gasteiger partial charge on any atom is 0.255 e. The van der Waals surface area contributed by atoms with Gasteiger partial charge in [-0.3, -0.25) is 14.5 Å². The molecule has 0 aliphatic carbocycles. The lowest BCUT2D eigenvalue weighted by atomic mass is 10.1. The summed E-state index contributed by atoms with van der Waals surface area (Å²) in [6.45, 7) is 3.98. The summed E-state index contributed by atoms with van der Waals surface area (Å²) in [4.78, 5) is 30.9. The summed E-state index contributed by atoms with van der Waals surface area (Å²) in [5.41, 5.74) is 2.62.